The molecule has 2 aliphatic rings. The molecule has 1 aromatic heterocycles. The molecule has 0 radical (unpaired) electrons. The van der Waals surface area contributed by atoms with E-state index in [0.717, 1.165) is 13.0 Å². The van der Waals surface area contributed by atoms with E-state index in [-0.39, 0.29) is 24.1 Å². The molecule has 1 N–H and O–H groups in total. The van der Waals surface area contributed by atoms with Crippen molar-refractivity contribution in [3.8, 4) is 0 Å². The van der Waals surface area contributed by atoms with E-state index >= 15 is 0 Å². The second-order valence-corrected chi connectivity index (χ2v) is 6.57. The third kappa shape index (κ3) is 2.74. The van der Waals surface area contributed by atoms with E-state index in [4.69, 9.17) is 9.15 Å². The summed E-state index contributed by atoms with van der Waals surface area (Å²) in [7, 11) is 3.48. The lowest BCUT2D eigenvalue weighted by molar-refractivity contribution is -0.153. The summed E-state index contributed by atoms with van der Waals surface area (Å²) in [4.78, 5) is 28.2. The number of methoxy groups -OCH3 is 1. The number of carbonyl (C=O) groups excluding carboxylic acids is 1. The minimum absolute atomic E-state index is 0.00597. The van der Waals surface area contributed by atoms with Crippen LogP contribution in [0.15, 0.2) is 16.5 Å². The van der Waals surface area contributed by atoms with Crippen LogP contribution in [0, 0.1) is 11.3 Å². The van der Waals surface area contributed by atoms with Crippen LogP contribution in [-0.2, 0) is 16.1 Å². The van der Waals surface area contributed by atoms with Gasteiger partial charge in [-0.05, 0) is 38.1 Å². The number of carboxylic acid groups (broad SMARTS) is 1. The monoisotopic (exact) mass is 322 g/mol. The van der Waals surface area contributed by atoms with Gasteiger partial charge < -0.3 is 24.1 Å². The first-order chi connectivity index (χ1) is 11.0. The van der Waals surface area contributed by atoms with Crippen molar-refractivity contribution in [2.45, 2.75) is 13.0 Å². The lowest BCUT2D eigenvalue weighted by Crippen LogP contribution is -2.52. The summed E-state index contributed by atoms with van der Waals surface area (Å²) in [5.74, 6) is -0.243. The fourth-order valence-corrected chi connectivity index (χ4v) is 3.79. The average molecular weight is 322 g/mol. The van der Waals surface area contributed by atoms with E-state index < -0.39 is 11.4 Å². The maximum absolute atomic E-state index is 12.6. The summed E-state index contributed by atoms with van der Waals surface area (Å²) < 4.78 is 10.5. The second kappa shape index (κ2) is 5.98. The number of amides is 1. The Morgan fingerprint density at radius 1 is 1.43 bits per heavy atom. The van der Waals surface area contributed by atoms with Gasteiger partial charge in [-0.15, -0.1) is 0 Å². The summed E-state index contributed by atoms with van der Waals surface area (Å²) in [6.45, 7) is 2.35. The molecule has 7 heteroatoms. The zero-order chi connectivity index (χ0) is 16.6. The molecule has 0 aliphatic carbocycles. The first-order valence-electron chi connectivity index (χ1n) is 7.75. The van der Waals surface area contributed by atoms with Crippen molar-refractivity contribution in [1.29, 1.82) is 0 Å². The largest absolute Gasteiger partial charge is 0.481 e. The van der Waals surface area contributed by atoms with Gasteiger partial charge in [0.15, 0.2) is 5.76 Å². The first kappa shape index (κ1) is 16.0. The molecule has 23 heavy (non-hydrogen) atoms. The van der Waals surface area contributed by atoms with Crippen molar-refractivity contribution < 1.29 is 23.8 Å². The molecule has 2 fully saturated rings. The van der Waals surface area contributed by atoms with E-state index in [9.17, 15) is 14.7 Å². The van der Waals surface area contributed by atoms with Crippen LogP contribution < -0.4 is 0 Å². The van der Waals surface area contributed by atoms with E-state index in [2.05, 4.69) is 0 Å². The Kier molecular flexibility index (Phi) is 4.16. The number of carbonyl (C=O) groups is 2. The van der Waals surface area contributed by atoms with E-state index in [1.807, 2.05) is 11.9 Å². The Bertz CT molecular complexity index is 613. The first-order valence-corrected chi connectivity index (χ1v) is 7.75. The van der Waals surface area contributed by atoms with Gasteiger partial charge in [-0.3, -0.25) is 9.59 Å². The zero-order valence-electron chi connectivity index (χ0n) is 13.4. The summed E-state index contributed by atoms with van der Waals surface area (Å²) in [6, 6.07) is 3.33. The Morgan fingerprint density at radius 3 is 2.91 bits per heavy atom. The molecule has 3 rings (SSSR count). The number of piperidine rings is 1. The summed E-state index contributed by atoms with van der Waals surface area (Å²) >= 11 is 0. The normalized spacial score (nSPS) is 27.9. The number of nitrogens with zero attached hydrogens (tertiary/aromatic N) is 2. The van der Waals surface area contributed by atoms with Crippen molar-refractivity contribution in [1.82, 2.24) is 9.80 Å². The van der Waals surface area contributed by atoms with Crippen LogP contribution in [0.4, 0.5) is 0 Å². The van der Waals surface area contributed by atoms with E-state index in [1.54, 1.807) is 24.1 Å². The zero-order valence-corrected chi connectivity index (χ0v) is 13.4. The summed E-state index contributed by atoms with van der Waals surface area (Å²) in [5, 5.41) is 9.76. The Balaban J connectivity index is 1.79. The number of fused-ring (bicyclic) bond motifs is 1. The molecule has 2 saturated heterocycles. The standard InChI is InChI=1S/C16H22N2O5/c1-17-6-5-11-7-18(10-16(11,9-17)15(20)21)14(19)13-4-3-12(23-13)8-22-2/h3-4,11H,5-10H2,1-2H3,(H,20,21)/t11-,16-/m1/s1. The smallest absolute Gasteiger partial charge is 0.313 e. The predicted molar refractivity (Wildman–Crippen MR) is 81.0 cm³/mol. The van der Waals surface area contributed by atoms with Gasteiger partial charge in [-0.25, -0.2) is 0 Å². The molecule has 2 atom stereocenters. The molecular formula is C16H22N2O5. The molecule has 0 unspecified atom stereocenters. The minimum atomic E-state index is -0.870. The number of aliphatic carboxylic acids is 1. The van der Waals surface area contributed by atoms with Crippen LogP contribution in [0.2, 0.25) is 0 Å². The van der Waals surface area contributed by atoms with Crippen molar-refractivity contribution in [3.05, 3.63) is 23.7 Å². The fraction of sp³-hybridized carbons (Fsp3) is 0.625. The van der Waals surface area contributed by atoms with Crippen LogP contribution in [0.1, 0.15) is 22.7 Å². The molecule has 7 nitrogen and oxygen atoms in total. The minimum Gasteiger partial charge on any atom is -0.481 e. The third-order valence-corrected chi connectivity index (χ3v) is 4.98. The lowest BCUT2D eigenvalue weighted by Gasteiger charge is -2.39. The predicted octanol–water partition coefficient (Wildman–Crippen LogP) is 0.905. The number of hydrogen-bond acceptors (Lipinski definition) is 5. The molecular weight excluding hydrogens is 300 g/mol. The maximum atomic E-state index is 12.6. The second-order valence-electron chi connectivity index (χ2n) is 6.57. The number of furan rings is 1. The van der Waals surface area contributed by atoms with Gasteiger partial charge in [0.05, 0.1) is 0 Å². The Labute approximate surface area is 134 Å². The SMILES string of the molecule is COCc1ccc(C(=O)N2C[C@H]3CCN(C)C[C@@]3(C(=O)O)C2)o1. The average Bonchev–Trinajstić information content (AvgIpc) is 3.11. The van der Waals surface area contributed by atoms with Crippen molar-refractivity contribution >= 4 is 11.9 Å². The molecule has 0 saturated carbocycles. The van der Waals surface area contributed by atoms with Crippen LogP contribution in [0.5, 0.6) is 0 Å². The van der Waals surface area contributed by atoms with Crippen molar-refractivity contribution in [2.24, 2.45) is 11.3 Å². The third-order valence-electron chi connectivity index (χ3n) is 4.98. The lowest BCUT2D eigenvalue weighted by atomic mass is 9.73. The molecule has 3 heterocycles. The summed E-state index contributed by atoms with van der Waals surface area (Å²) in [6.07, 6.45) is 0.791. The van der Waals surface area contributed by atoms with E-state index in [0.29, 0.717) is 25.5 Å². The summed E-state index contributed by atoms with van der Waals surface area (Å²) in [5.41, 5.74) is -0.870. The fourth-order valence-electron chi connectivity index (χ4n) is 3.79. The Hall–Kier alpha value is -1.86. The van der Waals surface area contributed by atoms with Gasteiger partial charge in [0.1, 0.15) is 17.8 Å². The molecule has 1 aromatic rings. The van der Waals surface area contributed by atoms with Gasteiger partial charge in [-0.1, -0.05) is 0 Å². The van der Waals surface area contributed by atoms with Gasteiger partial charge in [0, 0.05) is 26.7 Å². The highest BCUT2D eigenvalue weighted by Crippen LogP contribution is 2.42. The number of rotatable bonds is 4. The van der Waals surface area contributed by atoms with Gasteiger partial charge in [0.25, 0.3) is 5.91 Å². The molecule has 0 spiro atoms. The highest BCUT2D eigenvalue weighted by molar-refractivity contribution is 5.92. The highest BCUT2D eigenvalue weighted by atomic mass is 16.5. The molecule has 1 amide bonds. The van der Waals surface area contributed by atoms with Crippen LogP contribution >= 0.6 is 0 Å². The number of ether oxygens (including phenoxy) is 1. The highest BCUT2D eigenvalue weighted by Gasteiger charge is 2.55. The molecule has 0 bridgehead atoms. The van der Waals surface area contributed by atoms with Crippen LogP contribution in [0.25, 0.3) is 0 Å². The number of likely N-dealkylation sites (tertiary alicyclic amines) is 2. The van der Waals surface area contributed by atoms with Gasteiger partial charge in [0.2, 0.25) is 0 Å². The van der Waals surface area contributed by atoms with Crippen LogP contribution in [0.3, 0.4) is 0 Å². The van der Waals surface area contributed by atoms with Gasteiger partial charge >= 0.3 is 5.97 Å². The van der Waals surface area contributed by atoms with Crippen molar-refractivity contribution in [2.75, 3.05) is 40.3 Å². The Morgan fingerprint density at radius 2 is 2.22 bits per heavy atom. The van der Waals surface area contributed by atoms with Crippen LogP contribution in [-0.4, -0.2) is 67.1 Å². The molecule has 2 aliphatic heterocycles. The molecule has 126 valence electrons. The van der Waals surface area contributed by atoms with Crippen molar-refractivity contribution in [3.63, 3.8) is 0 Å². The van der Waals surface area contributed by atoms with Gasteiger partial charge in [-0.2, -0.15) is 0 Å². The number of carboxylic acids is 1. The maximum Gasteiger partial charge on any atom is 0.313 e. The topological polar surface area (TPSA) is 83.2 Å². The molecule has 0 aromatic carbocycles. The van der Waals surface area contributed by atoms with E-state index in [1.165, 1.54) is 0 Å². The quantitative estimate of drug-likeness (QED) is 0.887. The number of hydrogen-bond donors (Lipinski definition) is 1.